The average molecular weight is 348 g/mol. The van der Waals surface area contributed by atoms with E-state index in [2.05, 4.69) is 0 Å². The minimum absolute atomic E-state index is 0.0243. The number of benzene rings is 1. The molecule has 2 aliphatic heterocycles. The quantitative estimate of drug-likeness (QED) is 0.788. The van der Waals surface area contributed by atoms with Crippen LogP contribution >= 0.6 is 0 Å². The van der Waals surface area contributed by atoms with Crippen LogP contribution in [0.5, 0.6) is 0 Å². The first-order valence-corrected chi connectivity index (χ1v) is 8.90. The van der Waals surface area contributed by atoms with Crippen LogP contribution in [0.25, 0.3) is 0 Å². The van der Waals surface area contributed by atoms with E-state index in [4.69, 9.17) is 4.74 Å². The van der Waals surface area contributed by atoms with Gasteiger partial charge in [-0.25, -0.2) is 4.39 Å². The molecule has 2 aliphatic rings. The summed E-state index contributed by atoms with van der Waals surface area (Å²) >= 11 is 0. The summed E-state index contributed by atoms with van der Waals surface area (Å²) in [5.41, 5.74) is 0.911. The van der Waals surface area contributed by atoms with Crippen molar-refractivity contribution in [2.24, 2.45) is 5.92 Å². The molecule has 0 bridgehead atoms. The van der Waals surface area contributed by atoms with Crippen molar-refractivity contribution in [3.8, 4) is 0 Å². The van der Waals surface area contributed by atoms with Gasteiger partial charge in [-0.2, -0.15) is 0 Å². The van der Waals surface area contributed by atoms with E-state index >= 15 is 0 Å². The molecule has 0 N–H and O–H groups in total. The number of ether oxygens (including phenoxy) is 1. The van der Waals surface area contributed by atoms with E-state index in [0.29, 0.717) is 26.1 Å². The lowest BCUT2D eigenvalue weighted by Crippen LogP contribution is -2.41. The molecule has 0 radical (unpaired) electrons. The van der Waals surface area contributed by atoms with Crippen LogP contribution < -0.4 is 0 Å². The summed E-state index contributed by atoms with van der Waals surface area (Å²) in [6, 6.07) is 6.66. The molecule has 2 unspecified atom stereocenters. The fraction of sp³-hybridized carbons (Fsp3) is 0.579. The number of rotatable bonds is 6. The van der Waals surface area contributed by atoms with Crippen molar-refractivity contribution in [3.63, 3.8) is 0 Å². The summed E-state index contributed by atoms with van der Waals surface area (Å²) < 4.78 is 18.4. The highest BCUT2D eigenvalue weighted by molar-refractivity contribution is 5.89. The third kappa shape index (κ3) is 4.18. The molecule has 3 rings (SSSR count). The molecule has 2 atom stereocenters. The Kier molecular flexibility index (Phi) is 5.68. The number of carbonyl (C=O) groups excluding carboxylic acids is 2. The molecule has 0 aliphatic carbocycles. The third-order valence-electron chi connectivity index (χ3n) is 5.15. The highest BCUT2D eigenvalue weighted by atomic mass is 19.1. The largest absolute Gasteiger partial charge is 0.383 e. The normalized spacial score (nSPS) is 23.5. The van der Waals surface area contributed by atoms with Gasteiger partial charge in [0.1, 0.15) is 5.82 Å². The van der Waals surface area contributed by atoms with Gasteiger partial charge in [0.25, 0.3) is 0 Å². The van der Waals surface area contributed by atoms with Crippen LogP contribution in [0.4, 0.5) is 4.39 Å². The standard InChI is InChI=1S/C19H25FN2O3/c1-25-9-8-21-13-15(12-18(21)23)19(24)22-7-3-6-17(22)11-14-4-2-5-16(20)10-14/h2,4-5,10,15,17H,3,6-9,11-13H2,1H3. The molecule has 6 heteroatoms. The summed E-state index contributed by atoms with van der Waals surface area (Å²) in [6.07, 6.45) is 2.83. The Labute approximate surface area is 147 Å². The minimum Gasteiger partial charge on any atom is -0.383 e. The van der Waals surface area contributed by atoms with E-state index in [-0.39, 0.29) is 36.0 Å². The van der Waals surface area contributed by atoms with E-state index in [1.807, 2.05) is 11.0 Å². The Bertz CT molecular complexity index is 637. The molecule has 2 amide bonds. The van der Waals surface area contributed by atoms with Gasteiger partial charge >= 0.3 is 0 Å². The van der Waals surface area contributed by atoms with Crippen molar-refractivity contribution in [1.29, 1.82) is 0 Å². The van der Waals surface area contributed by atoms with Crippen molar-refractivity contribution in [2.75, 3.05) is 33.4 Å². The monoisotopic (exact) mass is 348 g/mol. The molecule has 1 aromatic carbocycles. The molecule has 5 nitrogen and oxygen atoms in total. The van der Waals surface area contributed by atoms with Crippen LogP contribution in [0.3, 0.4) is 0 Å². The van der Waals surface area contributed by atoms with Crippen molar-refractivity contribution >= 4 is 11.8 Å². The van der Waals surface area contributed by atoms with Crippen LogP contribution in [-0.2, 0) is 20.7 Å². The second kappa shape index (κ2) is 7.95. The molecule has 25 heavy (non-hydrogen) atoms. The Hall–Kier alpha value is -1.95. The topological polar surface area (TPSA) is 49.9 Å². The average Bonchev–Trinajstić information content (AvgIpc) is 3.19. The first kappa shape index (κ1) is 17.9. The summed E-state index contributed by atoms with van der Waals surface area (Å²) in [5, 5.41) is 0. The Morgan fingerprint density at radius 3 is 3.00 bits per heavy atom. The lowest BCUT2D eigenvalue weighted by Gasteiger charge is -2.27. The van der Waals surface area contributed by atoms with Gasteiger partial charge in [0.2, 0.25) is 11.8 Å². The lowest BCUT2D eigenvalue weighted by molar-refractivity contribution is -0.136. The van der Waals surface area contributed by atoms with Crippen molar-refractivity contribution < 1.29 is 18.7 Å². The highest BCUT2D eigenvalue weighted by Crippen LogP contribution is 2.27. The molecular formula is C19H25FN2O3. The Balaban J connectivity index is 1.62. The van der Waals surface area contributed by atoms with Crippen LogP contribution in [-0.4, -0.2) is 61.0 Å². The van der Waals surface area contributed by atoms with E-state index in [0.717, 1.165) is 24.9 Å². The van der Waals surface area contributed by atoms with Crippen LogP contribution in [0.15, 0.2) is 24.3 Å². The van der Waals surface area contributed by atoms with Crippen LogP contribution in [0.2, 0.25) is 0 Å². The number of methoxy groups -OCH3 is 1. The van der Waals surface area contributed by atoms with E-state index in [9.17, 15) is 14.0 Å². The van der Waals surface area contributed by atoms with Gasteiger partial charge in [-0.05, 0) is 37.0 Å². The molecule has 2 fully saturated rings. The Morgan fingerprint density at radius 1 is 1.40 bits per heavy atom. The second-order valence-corrected chi connectivity index (χ2v) is 6.90. The van der Waals surface area contributed by atoms with Gasteiger partial charge < -0.3 is 14.5 Å². The third-order valence-corrected chi connectivity index (χ3v) is 5.15. The van der Waals surface area contributed by atoms with Crippen molar-refractivity contribution in [1.82, 2.24) is 9.80 Å². The van der Waals surface area contributed by atoms with E-state index in [1.54, 1.807) is 18.1 Å². The van der Waals surface area contributed by atoms with Gasteiger partial charge in [-0.1, -0.05) is 12.1 Å². The van der Waals surface area contributed by atoms with E-state index in [1.165, 1.54) is 12.1 Å². The SMILES string of the molecule is COCCN1CC(C(=O)N2CCCC2Cc2cccc(F)c2)CC1=O. The summed E-state index contributed by atoms with van der Waals surface area (Å²) in [7, 11) is 1.60. The number of carbonyl (C=O) groups is 2. The Morgan fingerprint density at radius 2 is 2.24 bits per heavy atom. The zero-order valence-electron chi connectivity index (χ0n) is 14.6. The van der Waals surface area contributed by atoms with Crippen LogP contribution in [0.1, 0.15) is 24.8 Å². The molecule has 136 valence electrons. The highest BCUT2D eigenvalue weighted by Gasteiger charge is 2.39. The summed E-state index contributed by atoms with van der Waals surface area (Å²) in [6.45, 7) is 2.22. The summed E-state index contributed by atoms with van der Waals surface area (Å²) in [5.74, 6) is -0.426. The maximum atomic E-state index is 13.4. The molecule has 0 aromatic heterocycles. The number of amides is 2. The lowest BCUT2D eigenvalue weighted by atomic mass is 10.0. The van der Waals surface area contributed by atoms with Gasteiger partial charge in [0.15, 0.2) is 0 Å². The molecule has 0 saturated carbocycles. The van der Waals surface area contributed by atoms with Gasteiger partial charge in [-0.15, -0.1) is 0 Å². The number of likely N-dealkylation sites (tertiary alicyclic amines) is 2. The summed E-state index contributed by atoms with van der Waals surface area (Å²) in [4.78, 5) is 28.6. The van der Waals surface area contributed by atoms with Gasteiger partial charge in [-0.3, -0.25) is 9.59 Å². The second-order valence-electron chi connectivity index (χ2n) is 6.90. The predicted molar refractivity (Wildman–Crippen MR) is 91.4 cm³/mol. The molecule has 2 heterocycles. The van der Waals surface area contributed by atoms with E-state index < -0.39 is 0 Å². The zero-order valence-corrected chi connectivity index (χ0v) is 14.6. The van der Waals surface area contributed by atoms with Crippen molar-refractivity contribution in [2.45, 2.75) is 31.7 Å². The first-order valence-electron chi connectivity index (χ1n) is 8.90. The fourth-order valence-electron chi connectivity index (χ4n) is 3.86. The molecule has 2 saturated heterocycles. The maximum absolute atomic E-state index is 13.4. The number of halogens is 1. The first-order chi connectivity index (χ1) is 12.1. The molecule has 0 spiro atoms. The number of hydrogen-bond acceptors (Lipinski definition) is 3. The molecule has 1 aromatic rings. The number of hydrogen-bond donors (Lipinski definition) is 0. The number of nitrogens with zero attached hydrogens (tertiary/aromatic N) is 2. The van der Waals surface area contributed by atoms with Crippen LogP contribution in [0, 0.1) is 11.7 Å². The van der Waals surface area contributed by atoms with Crippen molar-refractivity contribution in [3.05, 3.63) is 35.6 Å². The minimum atomic E-state index is -0.266. The van der Waals surface area contributed by atoms with Gasteiger partial charge in [0.05, 0.1) is 12.5 Å². The smallest absolute Gasteiger partial charge is 0.228 e. The van der Waals surface area contributed by atoms with Gasteiger partial charge in [0, 0.05) is 39.2 Å². The predicted octanol–water partition coefficient (Wildman–Crippen LogP) is 1.85. The molecular weight excluding hydrogens is 323 g/mol. The maximum Gasteiger partial charge on any atom is 0.228 e. The zero-order chi connectivity index (χ0) is 17.8. The fourth-order valence-corrected chi connectivity index (χ4v) is 3.86.